The van der Waals surface area contributed by atoms with E-state index in [1.54, 1.807) is 0 Å². The van der Waals surface area contributed by atoms with E-state index in [0.717, 1.165) is 6.07 Å². The van der Waals surface area contributed by atoms with Crippen LogP contribution in [0.5, 0.6) is 0 Å². The first-order valence-corrected chi connectivity index (χ1v) is 9.07. The summed E-state index contributed by atoms with van der Waals surface area (Å²) in [7, 11) is 0. The zero-order chi connectivity index (χ0) is 21.6. The van der Waals surface area contributed by atoms with Crippen molar-refractivity contribution >= 4 is 17.6 Å². The van der Waals surface area contributed by atoms with Crippen molar-refractivity contribution in [3.63, 3.8) is 0 Å². The molecular formula is C19H20F5N5O2. The molecule has 0 bridgehead atoms. The van der Waals surface area contributed by atoms with Gasteiger partial charge in [0.05, 0.1) is 30.9 Å². The molecule has 168 valence electrons. The van der Waals surface area contributed by atoms with E-state index in [1.165, 1.54) is 9.58 Å². The van der Waals surface area contributed by atoms with Crippen molar-refractivity contribution in [2.75, 3.05) is 18.4 Å². The lowest BCUT2D eigenvalue weighted by Crippen LogP contribution is -2.39. The molecular weight excluding hydrogens is 425 g/mol. The molecule has 1 unspecified atom stereocenters. The van der Waals surface area contributed by atoms with Gasteiger partial charge in [-0.25, -0.2) is 13.6 Å². The Hall–Kier alpha value is -3.18. The van der Waals surface area contributed by atoms with E-state index in [2.05, 4.69) is 15.7 Å². The highest BCUT2D eigenvalue weighted by molar-refractivity contribution is 5.95. The molecule has 1 atom stereocenters. The number of nitrogens with one attached hydrogen (secondary N) is 2. The molecule has 2 aliphatic heterocycles. The summed E-state index contributed by atoms with van der Waals surface area (Å²) >= 11 is 0. The lowest BCUT2D eigenvalue weighted by molar-refractivity contribution is -0.139. The molecule has 31 heavy (non-hydrogen) atoms. The van der Waals surface area contributed by atoms with E-state index in [-0.39, 0.29) is 45.0 Å². The number of hydrogen-bond donors (Lipinski definition) is 2. The monoisotopic (exact) mass is 445 g/mol. The Balaban J connectivity index is 0.00000272. The number of fused-ring (bicyclic) bond motifs is 3. The molecule has 4 rings (SSSR count). The van der Waals surface area contributed by atoms with Crippen LogP contribution in [0.1, 0.15) is 34.7 Å². The average Bonchev–Trinajstić information content (AvgIpc) is 2.96. The molecule has 12 heteroatoms. The quantitative estimate of drug-likeness (QED) is 0.661. The number of rotatable bonds is 1. The molecule has 2 aromatic rings. The Labute approximate surface area is 174 Å². The number of carbonyl (C=O) groups excluding carboxylic acids is 2. The van der Waals surface area contributed by atoms with Crippen LogP contribution in [0.4, 0.5) is 32.4 Å². The summed E-state index contributed by atoms with van der Waals surface area (Å²) in [5, 5.41) is 9.05. The number of hydrogen-bond acceptors (Lipinski definition) is 3. The standard InChI is InChI=1S/C18H16F5N5O2.CH4/c19-9-6-24-16(29)15-11-8-27(4-3-14(11)26-28(15)7-9)17(30)25-10-1-2-13(20)12(5-10)18(21,22)23;/h1-2,5,9H,3-4,6-8H2,(H,24,29)(H,25,30);1H4. The zero-order valence-corrected chi connectivity index (χ0v) is 15.4. The smallest absolute Gasteiger partial charge is 0.348 e. The number of anilines is 1. The molecule has 3 amide bonds. The van der Waals surface area contributed by atoms with E-state index in [4.69, 9.17) is 0 Å². The minimum atomic E-state index is -4.90. The zero-order valence-electron chi connectivity index (χ0n) is 15.4. The van der Waals surface area contributed by atoms with Gasteiger partial charge in [-0.3, -0.25) is 9.48 Å². The van der Waals surface area contributed by atoms with Crippen molar-refractivity contribution in [1.82, 2.24) is 20.0 Å². The van der Waals surface area contributed by atoms with Crippen LogP contribution in [-0.4, -0.2) is 45.9 Å². The Morgan fingerprint density at radius 3 is 2.74 bits per heavy atom. The number of alkyl halides is 4. The fourth-order valence-corrected chi connectivity index (χ4v) is 3.55. The van der Waals surface area contributed by atoms with Gasteiger partial charge in [0.1, 0.15) is 17.7 Å². The number of amides is 3. The van der Waals surface area contributed by atoms with E-state index < -0.39 is 35.7 Å². The second-order valence-corrected chi connectivity index (χ2v) is 7.06. The van der Waals surface area contributed by atoms with E-state index in [1.807, 2.05) is 0 Å². The summed E-state index contributed by atoms with van der Waals surface area (Å²) in [5.41, 5.74) is -0.492. The molecule has 0 saturated heterocycles. The van der Waals surface area contributed by atoms with Crippen molar-refractivity contribution in [3.8, 4) is 0 Å². The third-order valence-electron chi connectivity index (χ3n) is 4.98. The molecule has 0 fully saturated rings. The van der Waals surface area contributed by atoms with Gasteiger partial charge >= 0.3 is 12.2 Å². The summed E-state index contributed by atoms with van der Waals surface area (Å²) in [6.07, 6.45) is -5.90. The first-order valence-electron chi connectivity index (χ1n) is 9.07. The van der Waals surface area contributed by atoms with Gasteiger partial charge in [-0.1, -0.05) is 7.43 Å². The van der Waals surface area contributed by atoms with Crippen molar-refractivity contribution in [3.05, 3.63) is 46.5 Å². The van der Waals surface area contributed by atoms with Gasteiger partial charge in [-0.2, -0.15) is 18.3 Å². The van der Waals surface area contributed by atoms with Gasteiger partial charge < -0.3 is 15.5 Å². The fourth-order valence-electron chi connectivity index (χ4n) is 3.55. The molecule has 1 aromatic carbocycles. The molecule has 0 radical (unpaired) electrons. The summed E-state index contributed by atoms with van der Waals surface area (Å²) < 4.78 is 67.1. The SMILES string of the molecule is C.O=C1NCC(F)Cn2nc3c(c21)CN(C(=O)Nc1ccc(F)c(C(F)(F)F)c1)CC3. The van der Waals surface area contributed by atoms with Gasteiger partial charge in [-0.05, 0) is 18.2 Å². The lowest BCUT2D eigenvalue weighted by atomic mass is 10.1. The molecule has 0 saturated carbocycles. The van der Waals surface area contributed by atoms with Crippen molar-refractivity contribution < 1.29 is 31.5 Å². The minimum Gasteiger partial charge on any atom is -0.348 e. The maximum atomic E-state index is 13.8. The molecule has 0 aliphatic carbocycles. The van der Waals surface area contributed by atoms with Crippen molar-refractivity contribution in [1.29, 1.82) is 0 Å². The van der Waals surface area contributed by atoms with Crippen LogP contribution in [0.2, 0.25) is 0 Å². The molecule has 7 nitrogen and oxygen atoms in total. The summed E-state index contributed by atoms with van der Waals surface area (Å²) in [5.74, 6) is -1.94. The molecule has 2 N–H and O–H groups in total. The number of benzene rings is 1. The highest BCUT2D eigenvalue weighted by Crippen LogP contribution is 2.33. The second kappa shape index (κ2) is 8.16. The molecule has 0 spiro atoms. The maximum Gasteiger partial charge on any atom is 0.419 e. The van der Waals surface area contributed by atoms with Crippen molar-refractivity contribution in [2.24, 2.45) is 0 Å². The fraction of sp³-hybridized carbons (Fsp3) is 0.421. The van der Waals surface area contributed by atoms with Crippen LogP contribution in [-0.2, 0) is 25.7 Å². The molecule has 2 aliphatic rings. The van der Waals surface area contributed by atoms with Crippen LogP contribution in [0.15, 0.2) is 18.2 Å². The second-order valence-electron chi connectivity index (χ2n) is 7.06. The third-order valence-corrected chi connectivity index (χ3v) is 4.98. The van der Waals surface area contributed by atoms with Gasteiger partial charge in [-0.15, -0.1) is 0 Å². The third kappa shape index (κ3) is 4.32. The predicted octanol–water partition coefficient (Wildman–Crippen LogP) is 3.35. The number of halogens is 5. The van der Waals surface area contributed by atoms with Crippen LogP contribution in [0, 0.1) is 5.82 Å². The van der Waals surface area contributed by atoms with E-state index >= 15 is 0 Å². The number of nitrogens with zero attached hydrogens (tertiary/aromatic N) is 3. The topological polar surface area (TPSA) is 79.3 Å². The number of aromatic nitrogens is 2. The summed E-state index contributed by atoms with van der Waals surface area (Å²) in [6, 6.07) is 1.46. The van der Waals surface area contributed by atoms with Crippen LogP contribution in [0.3, 0.4) is 0 Å². The highest BCUT2D eigenvalue weighted by Gasteiger charge is 2.35. The van der Waals surface area contributed by atoms with E-state index in [9.17, 15) is 31.5 Å². The lowest BCUT2D eigenvalue weighted by Gasteiger charge is -2.27. The summed E-state index contributed by atoms with van der Waals surface area (Å²) in [6.45, 7) is -0.0617. The largest absolute Gasteiger partial charge is 0.419 e. The van der Waals surface area contributed by atoms with Gasteiger partial charge in [0.25, 0.3) is 5.91 Å². The highest BCUT2D eigenvalue weighted by atomic mass is 19.4. The van der Waals surface area contributed by atoms with Crippen LogP contribution >= 0.6 is 0 Å². The van der Waals surface area contributed by atoms with Crippen LogP contribution in [0.25, 0.3) is 0 Å². The first kappa shape index (κ1) is 22.5. The van der Waals surface area contributed by atoms with Gasteiger partial charge in [0, 0.05) is 24.2 Å². The number of carbonyl (C=O) groups is 2. The Bertz CT molecular complexity index is 1020. The van der Waals surface area contributed by atoms with Crippen molar-refractivity contribution in [2.45, 2.75) is 39.3 Å². The van der Waals surface area contributed by atoms with E-state index in [0.29, 0.717) is 29.8 Å². The average molecular weight is 445 g/mol. The molecule has 3 heterocycles. The number of urea groups is 1. The Morgan fingerprint density at radius 1 is 1.29 bits per heavy atom. The van der Waals surface area contributed by atoms with Crippen LogP contribution < -0.4 is 10.6 Å². The summed E-state index contributed by atoms with van der Waals surface area (Å²) in [4.78, 5) is 26.2. The normalized spacial score (nSPS) is 18.3. The predicted molar refractivity (Wildman–Crippen MR) is 101 cm³/mol. The van der Waals surface area contributed by atoms with Gasteiger partial charge in [0.2, 0.25) is 0 Å². The maximum absolute atomic E-state index is 13.8. The Kier molecular flexibility index (Phi) is 5.92. The molecule has 1 aromatic heterocycles. The Morgan fingerprint density at radius 2 is 2.03 bits per heavy atom. The minimum absolute atomic E-state index is 0. The van der Waals surface area contributed by atoms with Gasteiger partial charge in [0.15, 0.2) is 0 Å². The first-order chi connectivity index (χ1) is 14.1.